The van der Waals surface area contributed by atoms with Crippen molar-refractivity contribution in [1.82, 2.24) is 4.90 Å². The summed E-state index contributed by atoms with van der Waals surface area (Å²) in [7, 11) is -0.932. The third-order valence-corrected chi connectivity index (χ3v) is 5.92. The molecule has 1 N–H and O–H groups in total. The van der Waals surface area contributed by atoms with Crippen LogP contribution in [0.3, 0.4) is 0 Å². The molecule has 0 fully saturated rings. The molecule has 2 atom stereocenters. The molecule has 1 aromatic carbocycles. The van der Waals surface area contributed by atoms with Crippen LogP contribution in [-0.2, 0) is 25.7 Å². The summed E-state index contributed by atoms with van der Waals surface area (Å²) in [5.41, 5.74) is -1.46. The van der Waals surface area contributed by atoms with Crippen molar-refractivity contribution in [3.63, 3.8) is 0 Å². The highest BCUT2D eigenvalue weighted by Gasteiger charge is 2.31. The Morgan fingerprint density at radius 2 is 2.00 bits per heavy atom. The number of nitrogens with zero attached hydrogens (tertiary/aromatic N) is 1. The molecule has 1 aromatic rings. The molecule has 0 saturated heterocycles. The first-order chi connectivity index (χ1) is 10.8. The average molecular weight is 359 g/mol. The molecule has 0 heterocycles. The Morgan fingerprint density at radius 1 is 1.39 bits per heavy atom. The lowest BCUT2D eigenvalue weighted by Gasteiger charge is -2.16. The number of hydrogen-bond donors (Lipinski definition) is 1. The van der Waals surface area contributed by atoms with Gasteiger partial charge in [-0.3, -0.25) is 0 Å². The van der Waals surface area contributed by atoms with Crippen LogP contribution in [0.2, 0.25) is 0 Å². The van der Waals surface area contributed by atoms with E-state index >= 15 is 0 Å². The minimum absolute atomic E-state index is 0.0380. The van der Waals surface area contributed by atoms with Crippen molar-refractivity contribution in [2.45, 2.75) is 17.3 Å². The van der Waals surface area contributed by atoms with E-state index < -0.39 is 26.4 Å². The SMILES string of the molecule is CCN(C)C=CC=C(C(OC)S(=O)O)S(=O)(=O)c1ccccc1. The van der Waals surface area contributed by atoms with Gasteiger partial charge in [-0.25, -0.2) is 12.6 Å². The van der Waals surface area contributed by atoms with E-state index in [1.54, 1.807) is 24.4 Å². The highest BCUT2D eigenvalue weighted by molar-refractivity contribution is 7.96. The highest BCUT2D eigenvalue weighted by Crippen LogP contribution is 2.24. The number of rotatable bonds is 8. The van der Waals surface area contributed by atoms with Crippen molar-refractivity contribution >= 4 is 20.9 Å². The van der Waals surface area contributed by atoms with Crippen molar-refractivity contribution < 1.29 is 21.9 Å². The average Bonchev–Trinajstić information content (AvgIpc) is 2.54. The molecule has 0 aliphatic rings. The van der Waals surface area contributed by atoms with Crippen LogP contribution >= 0.6 is 0 Å². The Labute approximate surface area is 139 Å². The predicted molar refractivity (Wildman–Crippen MR) is 90.7 cm³/mol. The van der Waals surface area contributed by atoms with Crippen LogP contribution < -0.4 is 0 Å². The lowest BCUT2D eigenvalue weighted by molar-refractivity contribution is 0.192. The van der Waals surface area contributed by atoms with Crippen LogP contribution in [0.25, 0.3) is 0 Å². The fourth-order valence-corrected chi connectivity index (χ4v) is 4.18. The highest BCUT2D eigenvalue weighted by atomic mass is 32.2. The van der Waals surface area contributed by atoms with E-state index in [0.717, 1.165) is 6.54 Å². The zero-order valence-corrected chi connectivity index (χ0v) is 14.9. The monoisotopic (exact) mass is 359 g/mol. The van der Waals surface area contributed by atoms with Gasteiger partial charge in [0.05, 0.1) is 9.80 Å². The van der Waals surface area contributed by atoms with Crippen molar-refractivity contribution in [1.29, 1.82) is 0 Å². The maximum atomic E-state index is 12.7. The molecule has 0 aliphatic carbocycles. The normalized spacial score (nSPS) is 15.6. The summed E-state index contributed by atoms with van der Waals surface area (Å²) in [6.07, 6.45) is 4.47. The summed E-state index contributed by atoms with van der Waals surface area (Å²) < 4.78 is 51.2. The fraction of sp³-hybridized carbons (Fsp3) is 0.333. The Morgan fingerprint density at radius 3 is 2.48 bits per heavy atom. The molecule has 0 radical (unpaired) electrons. The molecule has 2 unspecified atom stereocenters. The maximum absolute atomic E-state index is 12.7. The summed E-state index contributed by atoms with van der Waals surface area (Å²) in [5.74, 6) is 0. The van der Waals surface area contributed by atoms with Crippen molar-refractivity contribution in [3.05, 3.63) is 53.6 Å². The molecular formula is C15H21NO5S2. The van der Waals surface area contributed by atoms with E-state index in [1.807, 2.05) is 18.9 Å². The number of benzene rings is 1. The molecule has 0 saturated carbocycles. The first kappa shape index (κ1) is 19.6. The Kier molecular flexibility index (Phi) is 7.63. The lowest BCUT2D eigenvalue weighted by Crippen LogP contribution is -2.25. The van der Waals surface area contributed by atoms with Gasteiger partial charge >= 0.3 is 0 Å². The van der Waals surface area contributed by atoms with Crippen molar-refractivity contribution in [2.75, 3.05) is 20.7 Å². The molecular weight excluding hydrogens is 338 g/mol. The first-order valence-electron chi connectivity index (χ1n) is 6.85. The summed E-state index contributed by atoms with van der Waals surface area (Å²) in [5, 5.41) is 0. The molecule has 8 heteroatoms. The number of hydrogen-bond acceptors (Lipinski definition) is 5. The van der Waals surface area contributed by atoms with E-state index in [0.29, 0.717) is 0 Å². The second-order valence-electron chi connectivity index (χ2n) is 4.64. The van der Waals surface area contributed by atoms with Crippen molar-refractivity contribution in [3.8, 4) is 0 Å². The smallest absolute Gasteiger partial charge is 0.206 e. The molecule has 0 aromatic heterocycles. The molecule has 0 aliphatic heterocycles. The van der Waals surface area contributed by atoms with Crippen LogP contribution in [0.15, 0.2) is 58.5 Å². The van der Waals surface area contributed by atoms with Gasteiger partial charge < -0.3 is 14.2 Å². The van der Waals surface area contributed by atoms with Gasteiger partial charge in [-0.15, -0.1) is 0 Å². The van der Waals surface area contributed by atoms with Gasteiger partial charge in [0, 0.05) is 20.7 Å². The van der Waals surface area contributed by atoms with E-state index in [1.165, 1.54) is 31.4 Å². The van der Waals surface area contributed by atoms with Gasteiger partial charge in [0.25, 0.3) is 0 Å². The third-order valence-electron chi connectivity index (χ3n) is 3.09. The molecule has 23 heavy (non-hydrogen) atoms. The van der Waals surface area contributed by atoms with Gasteiger partial charge in [-0.1, -0.05) is 18.2 Å². The van der Waals surface area contributed by atoms with Crippen molar-refractivity contribution in [2.24, 2.45) is 0 Å². The zero-order valence-electron chi connectivity index (χ0n) is 13.2. The van der Waals surface area contributed by atoms with E-state index in [9.17, 15) is 17.2 Å². The number of ether oxygens (including phenoxy) is 1. The van der Waals surface area contributed by atoms with Crippen LogP contribution in [0, 0.1) is 0 Å². The maximum Gasteiger partial charge on any atom is 0.206 e. The van der Waals surface area contributed by atoms with E-state index in [4.69, 9.17) is 4.74 Å². The molecule has 6 nitrogen and oxygen atoms in total. The zero-order chi connectivity index (χ0) is 17.5. The lowest BCUT2D eigenvalue weighted by atomic mass is 10.4. The Balaban J connectivity index is 3.37. The molecule has 1 rings (SSSR count). The quantitative estimate of drug-likeness (QED) is 0.565. The van der Waals surface area contributed by atoms with Gasteiger partial charge in [0.1, 0.15) is 0 Å². The van der Waals surface area contributed by atoms with Gasteiger partial charge in [0.15, 0.2) is 16.5 Å². The van der Waals surface area contributed by atoms with Crippen LogP contribution in [-0.4, -0.2) is 48.2 Å². The summed E-state index contributed by atoms with van der Waals surface area (Å²) >= 11 is -2.49. The Hall–Kier alpha value is -1.48. The predicted octanol–water partition coefficient (Wildman–Crippen LogP) is 2.00. The van der Waals surface area contributed by atoms with E-state index in [2.05, 4.69) is 0 Å². The molecule has 0 bridgehead atoms. The third kappa shape index (κ3) is 5.28. The number of sulfone groups is 1. The second-order valence-corrected chi connectivity index (χ2v) is 7.57. The van der Waals surface area contributed by atoms with Crippen LogP contribution in [0.5, 0.6) is 0 Å². The largest absolute Gasteiger partial charge is 0.381 e. The second kappa shape index (κ2) is 8.97. The number of allylic oxidation sites excluding steroid dienone is 2. The number of methoxy groups -OCH3 is 1. The summed E-state index contributed by atoms with van der Waals surface area (Å²) in [6.45, 7) is 2.68. The molecule has 0 amide bonds. The summed E-state index contributed by atoms with van der Waals surface area (Å²) in [6, 6.07) is 7.72. The molecule has 0 spiro atoms. The van der Waals surface area contributed by atoms with Gasteiger partial charge in [0.2, 0.25) is 9.84 Å². The van der Waals surface area contributed by atoms with Gasteiger partial charge in [-0.2, -0.15) is 0 Å². The van der Waals surface area contributed by atoms with E-state index in [-0.39, 0.29) is 9.80 Å². The topological polar surface area (TPSA) is 83.9 Å². The first-order valence-corrected chi connectivity index (χ1v) is 9.51. The Bertz CT molecular complexity index is 683. The minimum Gasteiger partial charge on any atom is -0.381 e. The van der Waals surface area contributed by atoms with Crippen LogP contribution in [0.4, 0.5) is 0 Å². The van der Waals surface area contributed by atoms with Crippen LogP contribution in [0.1, 0.15) is 6.92 Å². The molecule has 128 valence electrons. The standard InChI is InChI=1S/C15H21NO5S2/c1-4-16(2)12-8-11-14(15(21-3)22(17)18)23(19,20)13-9-6-5-7-10-13/h5-12,15H,4H2,1-3H3,(H,17,18). The van der Waals surface area contributed by atoms with Gasteiger partial charge in [-0.05, 0) is 37.4 Å². The minimum atomic E-state index is -3.95. The fourth-order valence-electron chi connectivity index (χ4n) is 1.72. The summed E-state index contributed by atoms with van der Waals surface area (Å²) in [4.78, 5) is 1.60.